The molecule has 23 heavy (non-hydrogen) atoms. The SMILES string of the molecule is CCCCOC1(OCCCC)CC(C)(C)N(O)C(CC)(CC)C1. The van der Waals surface area contributed by atoms with Gasteiger partial charge in [0.1, 0.15) is 0 Å². The van der Waals surface area contributed by atoms with E-state index in [-0.39, 0.29) is 11.1 Å². The molecule has 0 amide bonds. The van der Waals surface area contributed by atoms with Crippen LogP contribution in [0.1, 0.15) is 92.9 Å². The third-order valence-electron chi connectivity index (χ3n) is 5.37. The van der Waals surface area contributed by atoms with Crippen molar-refractivity contribution in [3.63, 3.8) is 0 Å². The Bertz CT molecular complexity index is 330. The van der Waals surface area contributed by atoms with Gasteiger partial charge in [-0.3, -0.25) is 0 Å². The van der Waals surface area contributed by atoms with Crippen LogP contribution >= 0.6 is 0 Å². The minimum atomic E-state index is -0.570. The Hall–Kier alpha value is -0.160. The summed E-state index contributed by atoms with van der Waals surface area (Å²) in [5, 5.41) is 12.4. The summed E-state index contributed by atoms with van der Waals surface area (Å²) in [6, 6.07) is 0. The number of ether oxygens (including phenoxy) is 2. The number of hydrogen-bond donors (Lipinski definition) is 1. The van der Waals surface area contributed by atoms with E-state index in [9.17, 15) is 5.21 Å². The molecule has 0 aromatic carbocycles. The molecule has 4 heteroatoms. The second kappa shape index (κ2) is 8.80. The molecule has 138 valence electrons. The number of rotatable bonds is 10. The smallest absolute Gasteiger partial charge is 0.171 e. The molecule has 1 rings (SSSR count). The fourth-order valence-electron chi connectivity index (χ4n) is 3.87. The van der Waals surface area contributed by atoms with Crippen molar-refractivity contribution in [3.05, 3.63) is 0 Å². The first-order valence-electron chi connectivity index (χ1n) is 9.58. The highest BCUT2D eigenvalue weighted by Gasteiger charge is 2.56. The van der Waals surface area contributed by atoms with E-state index in [2.05, 4.69) is 41.5 Å². The van der Waals surface area contributed by atoms with E-state index in [4.69, 9.17) is 9.47 Å². The van der Waals surface area contributed by atoms with E-state index in [1.807, 2.05) is 0 Å². The van der Waals surface area contributed by atoms with E-state index >= 15 is 0 Å². The van der Waals surface area contributed by atoms with Gasteiger partial charge >= 0.3 is 0 Å². The van der Waals surface area contributed by atoms with Crippen molar-refractivity contribution in [2.45, 2.75) is 110 Å². The highest BCUT2D eigenvalue weighted by molar-refractivity contribution is 5.03. The van der Waals surface area contributed by atoms with Crippen molar-refractivity contribution in [1.29, 1.82) is 0 Å². The number of nitrogens with zero attached hydrogens (tertiary/aromatic N) is 1. The Labute approximate surface area is 143 Å². The van der Waals surface area contributed by atoms with Crippen LogP contribution in [0.3, 0.4) is 0 Å². The zero-order valence-electron chi connectivity index (χ0n) is 16.3. The van der Waals surface area contributed by atoms with Gasteiger partial charge in [-0.05, 0) is 39.5 Å². The number of hydroxylamine groups is 2. The van der Waals surface area contributed by atoms with Crippen molar-refractivity contribution in [2.24, 2.45) is 0 Å². The molecular weight excluding hydrogens is 290 g/mol. The van der Waals surface area contributed by atoms with Crippen LogP contribution in [-0.2, 0) is 9.47 Å². The summed E-state index contributed by atoms with van der Waals surface area (Å²) in [4.78, 5) is 0. The van der Waals surface area contributed by atoms with Crippen molar-refractivity contribution in [2.75, 3.05) is 13.2 Å². The predicted molar refractivity (Wildman–Crippen MR) is 94.7 cm³/mol. The minimum absolute atomic E-state index is 0.278. The van der Waals surface area contributed by atoms with Gasteiger partial charge in [-0.2, -0.15) is 5.06 Å². The van der Waals surface area contributed by atoms with Crippen molar-refractivity contribution < 1.29 is 14.7 Å². The van der Waals surface area contributed by atoms with Crippen LogP contribution in [0, 0.1) is 0 Å². The molecule has 0 aromatic rings. The average Bonchev–Trinajstić information content (AvgIpc) is 2.51. The van der Waals surface area contributed by atoms with Gasteiger partial charge in [-0.1, -0.05) is 40.5 Å². The Balaban J connectivity index is 3.04. The maximum Gasteiger partial charge on any atom is 0.171 e. The molecule has 1 N–H and O–H groups in total. The predicted octanol–water partition coefficient (Wildman–Crippen LogP) is 5.14. The minimum Gasteiger partial charge on any atom is -0.350 e. The van der Waals surface area contributed by atoms with Crippen LogP contribution in [0.2, 0.25) is 0 Å². The van der Waals surface area contributed by atoms with Gasteiger partial charge in [0, 0.05) is 18.4 Å². The standard InChI is InChI=1S/C19H39NO3/c1-7-11-13-22-19(23-14-12-8-2)15-17(5,6)20(21)18(9-3,10-4)16-19/h21H,7-16H2,1-6H3. The molecule has 0 spiro atoms. The van der Waals surface area contributed by atoms with Crippen molar-refractivity contribution >= 4 is 0 Å². The molecule has 0 unspecified atom stereocenters. The Morgan fingerprint density at radius 2 is 1.35 bits per heavy atom. The van der Waals surface area contributed by atoms with Crippen LogP contribution in [0.4, 0.5) is 0 Å². The lowest BCUT2D eigenvalue weighted by molar-refractivity contribution is -0.350. The number of unbranched alkanes of at least 4 members (excludes halogenated alkanes) is 2. The normalized spacial score (nSPS) is 23.1. The Morgan fingerprint density at radius 1 is 0.870 bits per heavy atom. The molecule has 4 nitrogen and oxygen atoms in total. The van der Waals surface area contributed by atoms with Gasteiger partial charge in [-0.25, -0.2) is 0 Å². The van der Waals surface area contributed by atoms with E-state index in [1.54, 1.807) is 5.06 Å². The zero-order valence-corrected chi connectivity index (χ0v) is 16.3. The molecule has 1 heterocycles. The Kier molecular flexibility index (Phi) is 7.99. The molecule has 1 fully saturated rings. The van der Waals surface area contributed by atoms with Gasteiger partial charge in [-0.15, -0.1) is 0 Å². The molecule has 1 aliphatic rings. The van der Waals surface area contributed by atoms with Gasteiger partial charge < -0.3 is 14.7 Å². The first-order valence-corrected chi connectivity index (χ1v) is 9.58. The van der Waals surface area contributed by atoms with Crippen molar-refractivity contribution in [1.82, 2.24) is 5.06 Å². The number of piperidine rings is 1. The summed E-state index contributed by atoms with van der Waals surface area (Å²) in [5.74, 6) is -0.570. The summed E-state index contributed by atoms with van der Waals surface area (Å²) in [6.45, 7) is 14.3. The lowest BCUT2D eigenvalue weighted by atomic mass is 9.73. The molecule has 0 bridgehead atoms. The fourth-order valence-corrected chi connectivity index (χ4v) is 3.87. The molecule has 0 aliphatic carbocycles. The van der Waals surface area contributed by atoms with E-state index in [0.29, 0.717) is 6.42 Å². The third kappa shape index (κ3) is 4.91. The summed E-state index contributed by atoms with van der Waals surface area (Å²) in [7, 11) is 0. The lowest BCUT2D eigenvalue weighted by Gasteiger charge is -2.57. The summed E-state index contributed by atoms with van der Waals surface area (Å²) < 4.78 is 12.7. The maximum absolute atomic E-state index is 10.8. The van der Waals surface area contributed by atoms with Gasteiger partial charge in [0.05, 0.1) is 18.8 Å². The Morgan fingerprint density at radius 3 is 1.74 bits per heavy atom. The summed E-state index contributed by atoms with van der Waals surface area (Å²) in [6.07, 6.45) is 7.55. The molecule has 1 saturated heterocycles. The van der Waals surface area contributed by atoms with E-state index in [1.165, 1.54) is 0 Å². The molecule has 0 atom stereocenters. The molecule has 0 saturated carbocycles. The van der Waals surface area contributed by atoms with Crippen LogP contribution in [-0.4, -0.2) is 40.3 Å². The quantitative estimate of drug-likeness (QED) is 0.445. The third-order valence-corrected chi connectivity index (χ3v) is 5.37. The topological polar surface area (TPSA) is 41.9 Å². The fraction of sp³-hybridized carbons (Fsp3) is 1.00. The average molecular weight is 330 g/mol. The summed E-state index contributed by atoms with van der Waals surface area (Å²) in [5.41, 5.74) is -0.636. The largest absolute Gasteiger partial charge is 0.350 e. The van der Waals surface area contributed by atoms with E-state index in [0.717, 1.165) is 58.2 Å². The van der Waals surface area contributed by atoms with Gasteiger partial charge in [0.25, 0.3) is 0 Å². The lowest BCUT2D eigenvalue weighted by Crippen LogP contribution is -2.67. The zero-order chi connectivity index (χ0) is 17.6. The maximum atomic E-state index is 10.8. The second-order valence-electron chi connectivity index (χ2n) is 7.72. The van der Waals surface area contributed by atoms with Crippen LogP contribution < -0.4 is 0 Å². The van der Waals surface area contributed by atoms with E-state index < -0.39 is 5.79 Å². The number of hydrogen-bond acceptors (Lipinski definition) is 4. The molecule has 1 aliphatic heterocycles. The first-order chi connectivity index (χ1) is 10.8. The second-order valence-corrected chi connectivity index (χ2v) is 7.72. The molecule has 0 radical (unpaired) electrons. The monoisotopic (exact) mass is 329 g/mol. The molecular formula is C19H39NO3. The first kappa shape index (κ1) is 20.9. The summed E-state index contributed by atoms with van der Waals surface area (Å²) >= 11 is 0. The highest BCUT2D eigenvalue weighted by Crippen LogP contribution is 2.48. The van der Waals surface area contributed by atoms with Gasteiger partial charge in [0.2, 0.25) is 0 Å². The van der Waals surface area contributed by atoms with Crippen LogP contribution in [0.25, 0.3) is 0 Å². The van der Waals surface area contributed by atoms with Crippen LogP contribution in [0.5, 0.6) is 0 Å². The van der Waals surface area contributed by atoms with Crippen LogP contribution in [0.15, 0.2) is 0 Å². The van der Waals surface area contributed by atoms with Crippen molar-refractivity contribution in [3.8, 4) is 0 Å². The molecule has 0 aromatic heterocycles. The van der Waals surface area contributed by atoms with Gasteiger partial charge in [0.15, 0.2) is 5.79 Å². The highest BCUT2D eigenvalue weighted by atomic mass is 16.7.